The molecule has 1 aromatic rings. The van der Waals surface area contributed by atoms with E-state index in [1.165, 1.54) is 0 Å². The Labute approximate surface area is 98.6 Å². The molecule has 0 saturated carbocycles. The van der Waals surface area contributed by atoms with Crippen molar-refractivity contribution in [3.05, 3.63) is 32.7 Å². The highest BCUT2D eigenvalue weighted by Gasteiger charge is 2.11. The van der Waals surface area contributed by atoms with Gasteiger partial charge in [0.15, 0.2) is 0 Å². The second-order valence-electron chi connectivity index (χ2n) is 2.91. The van der Waals surface area contributed by atoms with Crippen molar-refractivity contribution in [3.8, 4) is 0 Å². The van der Waals surface area contributed by atoms with Crippen LogP contribution in [0.5, 0.6) is 0 Å². The summed E-state index contributed by atoms with van der Waals surface area (Å²) in [6, 6.07) is 5.04. The van der Waals surface area contributed by atoms with Gasteiger partial charge in [0.2, 0.25) is 0 Å². The van der Waals surface area contributed by atoms with Crippen LogP contribution in [-0.2, 0) is 4.79 Å². The van der Waals surface area contributed by atoms with Gasteiger partial charge in [0.1, 0.15) is 0 Å². The minimum absolute atomic E-state index is 0.0666. The second kappa shape index (κ2) is 4.91. The Hall–Kier alpha value is -0.390. The molecule has 0 aliphatic heterocycles. The molecule has 3 N–H and O–H groups in total. The smallest absolute Gasteiger partial charge is 0.305 e. The fourth-order valence-electron chi connectivity index (χ4n) is 1.10. The predicted octanol–water partition coefficient (Wildman–Crippen LogP) is 2.69. The summed E-state index contributed by atoms with van der Waals surface area (Å²) < 4.78 is 1.76. The second-order valence-corrected chi connectivity index (χ2v) is 4.74. The van der Waals surface area contributed by atoms with Gasteiger partial charge in [-0.1, -0.05) is 31.9 Å². The van der Waals surface area contributed by atoms with Crippen LogP contribution >= 0.6 is 31.9 Å². The lowest BCUT2D eigenvalue weighted by Crippen LogP contribution is -2.14. The first-order chi connectivity index (χ1) is 6.49. The van der Waals surface area contributed by atoms with Crippen molar-refractivity contribution in [3.63, 3.8) is 0 Å². The molecule has 0 saturated heterocycles. The molecule has 3 nitrogen and oxygen atoms in total. The number of carbonyl (C=O) groups is 1. The van der Waals surface area contributed by atoms with Crippen LogP contribution in [0, 0.1) is 0 Å². The van der Waals surface area contributed by atoms with Crippen molar-refractivity contribution in [2.24, 2.45) is 5.73 Å². The molecule has 0 spiro atoms. The van der Waals surface area contributed by atoms with Crippen molar-refractivity contribution in [1.82, 2.24) is 0 Å². The first-order valence-corrected chi connectivity index (χ1v) is 5.51. The molecule has 0 amide bonds. The van der Waals surface area contributed by atoms with Crippen LogP contribution in [0.2, 0.25) is 0 Å². The average Bonchev–Trinajstić information content (AvgIpc) is 2.00. The van der Waals surface area contributed by atoms with Gasteiger partial charge in [0, 0.05) is 15.0 Å². The summed E-state index contributed by atoms with van der Waals surface area (Å²) in [4.78, 5) is 10.4. The average molecular weight is 323 g/mol. The molecular formula is C9H9Br2NO2. The van der Waals surface area contributed by atoms with Crippen LogP contribution < -0.4 is 5.73 Å². The van der Waals surface area contributed by atoms with Gasteiger partial charge in [-0.2, -0.15) is 0 Å². The lowest BCUT2D eigenvalue weighted by molar-refractivity contribution is -0.137. The first-order valence-electron chi connectivity index (χ1n) is 3.92. The van der Waals surface area contributed by atoms with Crippen LogP contribution in [0.1, 0.15) is 18.0 Å². The van der Waals surface area contributed by atoms with Gasteiger partial charge in [-0.05, 0) is 23.8 Å². The lowest BCUT2D eigenvalue weighted by Gasteiger charge is -2.10. The molecule has 0 aliphatic carbocycles. The summed E-state index contributed by atoms with van der Waals surface area (Å²) >= 11 is 6.63. The Morgan fingerprint density at radius 2 is 1.86 bits per heavy atom. The van der Waals surface area contributed by atoms with Crippen molar-refractivity contribution in [2.45, 2.75) is 12.5 Å². The van der Waals surface area contributed by atoms with Gasteiger partial charge in [-0.3, -0.25) is 4.79 Å². The number of carboxylic acids is 1. The van der Waals surface area contributed by atoms with Crippen LogP contribution in [0.4, 0.5) is 0 Å². The van der Waals surface area contributed by atoms with E-state index in [-0.39, 0.29) is 6.42 Å². The van der Waals surface area contributed by atoms with Crippen LogP contribution in [-0.4, -0.2) is 11.1 Å². The molecule has 0 radical (unpaired) electrons. The van der Waals surface area contributed by atoms with E-state index in [2.05, 4.69) is 31.9 Å². The minimum Gasteiger partial charge on any atom is -0.481 e. The number of hydrogen-bond acceptors (Lipinski definition) is 2. The largest absolute Gasteiger partial charge is 0.481 e. The highest BCUT2D eigenvalue weighted by Crippen LogP contribution is 2.24. The molecule has 14 heavy (non-hydrogen) atoms. The summed E-state index contributed by atoms with van der Waals surface area (Å²) in [5.74, 6) is -0.895. The maximum atomic E-state index is 10.4. The summed E-state index contributed by atoms with van der Waals surface area (Å²) in [5, 5.41) is 8.58. The minimum atomic E-state index is -0.895. The molecule has 76 valence electrons. The highest BCUT2D eigenvalue weighted by atomic mass is 79.9. The summed E-state index contributed by atoms with van der Waals surface area (Å²) in [6.07, 6.45) is -0.0666. The molecule has 0 aliphatic rings. The molecule has 0 bridgehead atoms. The molecule has 1 rings (SSSR count). The quantitative estimate of drug-likeness (QED) is 0.899. The Balaban J connectivity index is 2.89. The number of rotatable bonds is 3. The highest BCUT2D eigenvalue weighted by molar-refractivity contribution is 9.11. The summed E-state index contributed by atoms with van der Waals surface area (Å²) in [5.41, 5.74) is 6.51. The van der Waals surface area contributed by atoms with Crippen LogP contribution in [0.15, 0.2) is 27.1 Å². The zero-order valence-electron chi connectivity index (χ0n) is 7.21. The number of nitrogens with two attached hydrogens (primary N) is 1. The van der Waals surface area contributed by atoms with E-state index >= 15 is 0 Å². The van der Waals surface area contributed by atoms with E-state index in [4.69, 9.17) is 10.8 Å². The Kier molecular flexibility index (Phi) is 4.10. The van der Waals surface area contributed by atoms with Gasteiger partial charge in [-0.25, -0.2) is 0 Å². The molecule has 0 fully saturated rings. The number of carboxylic acid groups (broad SMARTS) is 1. The monoisotopic (exact) mass is 321 g/mol. The summed E-state index contributed by atoms with van der Waals surface area (Å²) in [6.45, 7) is 0. The van der Waals surface area contributed by atoms with Gasteiger partial charge < -0.3 is 10.8 Å². The van der Waals surface area contributed by atoms with Gasteiger partial charge in [-0.15, -0.1) is 0 Å². The zero-order valence-corrected chi connectivity index (χ0v) is 10.4. The molecule has 5 heteroatoms. The Morgan fingerprint density at radius 1 is 1.36 bits per heavy atom. The molecule has 0 heterocycles. The fraction of sp³-hybridized carbons (Fsp3) is 0.222. The Morgan fingerprint density at radius 3 is 2.29 bits per heavy atom. The third-order valence-electron chi connectivity index (χ3n) is 1.71. The van der Waals surface area contributed by atoms with E-state index < -0.39 is 12.0 Å². The lowest BCUT2D eigenvalue weighted by atomic mass is 10.1. The van der Waals surface area contributed by atoms with E-state index in [1.807, 2.05) is 18.2 Å². The molecule has 1 atom stereocenters. The fourth-order valence-corrected chi connectivity index (χ4v) is 2.42. The van der Waals surface area contributed by atoms with E-state index in [1.54, 1.807) is 0 Å². The number of hydrogen-bond donors (Lipinski definition) is 2. The third-order valence-corrected chi connectivity index (χ3v) is 2.62. The molecule has 1 unspecified atom stereocenters. The van der Waals surface area contributed by atoms with Gasteiger partial charge in [0.25, 0.3) is 0 Å². The predicted molar refractivity (Wildman–Crippen MR) is 61.0 cm³/mol. The third kappa shape index (κ3) is 3.40. The molecular weight excluding hydrogens is 314 g/mol. The topological polar surface area (TPSA) is 63.3 Å². The van der Waals surface area contributed by atoms with Gasteiger partial charge in [0.05, 0.1) is 6.42 Å². The standard InChI is InChI=1S/C9H9Br2NO2/c10-6-1-5(2-7(11)3-6)8(12)4-9(13)14/h1-3,8H,4,12H2,(H,13,14). The number of benzene rings is 1. The molecule has 0 aromatic heterocycles. The number of aliphatic carboxylic acids is 1. The maximum Gasteiger partial charge on any atom is 0.305 e. The van der Waals surface area contributed by atoms with Crippen molar-refractivity contribution < 1.29 is 9.90 Å². The zero-order chi connectivity index (χ0) is 10.7. The SMILES string of the molecule is NC(CC(=O)O)c1cc(Br)cc(Br)c1. The maximum absolute atomic E-state index is 10.4. The first kappa shape index (κ1) is 11.7. The molecule has 1 aromatic carbocycles. The Bertz CT molecular complexity index is 334. The van der Waals surface area contributed by atoms with Gasteiger partial charge >= 0.3 is 5.97 Å². The van der Waals surface area contributed by atoms with Crippen LogP contribution in [0.3, 0.4) is 0 Å². The number of halogens is 2. The van der Waals surface area contributed by atoms with E-state index in [0.29, 0.717) is 0 Å². The van der Waals surface area contributed by atoms with E-state index in [9.17, 15) is 4.79 Å². The van der Waals surface area contributed by atoms with Crippen LogP contribution in [0.25, 0.3) is 0 Å². The normalized spacial score (nSPS) is 12.5. The summed E-state index contributed by atoms with van der Waals surface area (Å²) in [7, 11) is 0. The van der Waals surface area contributed by atoms with Crippen molar-refractivity contribution >= 4 is 37.8 Å². The van der Waals surface area contributed by atoms with E-state index in [0.717, 1.165) is 14.5 Å². The van der Waals surface area contributed by atoms with Crippen molar-refractivity contribution in [2.75, 3.05) is 0 Å². The van der Waals surface area contributed by atoms with Crippen molar-refractivity contribution in [1.29, 1.82) is 0 Å².